The van der Waals surface area contributed by atoms with Crippen molar-refractivity contribution in [2.45, 2.75) is 0 Å². The fourth-order valence-corrected chi connectivity index (χ4v) is 2.81. The van der Waals surface area contributed by atoms with Crippen LogP contribution in [0.25, 0.3) is 29.1 Å². The van der Waals surface area contributed by atoms with E-state index in [1.54, 1.807) is 23.9 Å². The van der Waals surface area contributed by atoms with Gasteiger partial charge >= 0.3 is 0 Å². The topological polar surface area (TPSA) is 53.5 Å². The van der Waals surface area contributed by atoms with Crippen LogP contribution in [-0.4, -0.2) is 16.8 Å². The lowest BCUT2D eigenvalue weighted by atomic mass is 10.1. The molecule has 0 saturated carbocycles. The molecule has 2 aromatic carbocycles. The molecule has 0 aliphatic heterocycles. The first-order chi connectivity index (χ1) is 12.8. The molecule has 26 heavy (non-hydrogen) atoms. The molecule has 0 atom stereocenters. The monoisotopic (exact) mass is 343 g/mol. The molecule has 0 amide bonds. The highest BCUT2D eigenvalue weighted by Gasteiger charge is 2.16. The molecule has 0 radical (unpaired) electrons. The first-order valence-corrected chi connectivity index (χ1v) is 8.24. The fraction of sp³-hybridized carbons (Fsp3) is 0.0476. The highest BCUT2D eigenvalue weighted by Crippen LogP contribution is 2.24. The Hall–Kier alpha value is -3.60. The summed E-state index contributed by atoms with van der Waals surface area (Å²) in [6, 6.07) is 23.1. The van der Waals surface area contributed by atoms with Gasteiger partial charge in [-0.3, -0.25) is 0 Å². The Morgan fingerprint density at radius 2 is 1.73 bits per heavy atom. The van der Waals surface area contributed by atoms with E-state index in [0.717, 1.165) is 22.6 Å². The zero-order chi connectivity index (χ0) is 17.9. The first kappa shape index (κ1) is 15.9. The summed E-state index contributed by atoms with van der Waals surface area (Å²) in [6.07, 6.45) is 3.55. The van der Waals surface area contributed by atoms with Crippen molar-refractivity contribution in [2.24, 2.45) is 0 Å². The number of fused-ring (bicyclic) bond motifs is 1. The summed E-state index contributed by atoms with van der Waals surface area (Å²) in [7, 11) is 1.63. The van der Waals surface area contributed by atoms with E-state index in [9.17, 15) is 5.11 Å². The molecule has 2 heterocycles. The molecule has 2 aromatic heterocycles. The van der Waals surface area contributed by atoms with Crippen molar-refractivity contribution in [3.8, 4) is 22.9 Å². The molecule has 4 rings (SSSR count). The second-order valence-corrected chi connectivity index (χ2v) is 5.80. The molecule has 4 aromatic rings. The largest absolute Gasteiger partial charge is 0.837 e. The summed E-state index contributed by atoms with van der Waals surface area (Å²) < 4.78 is 8.23. The van der Waals surface area contributed by atoms with Crippen molar-refractivity contribution in [1.82, 2.24) is 9.73 Å². The van der Waals surface area contributed by atoms with E-state index in [2.05, 4.69) is 5.21 Å². The molecule has 128 valence electrons. The third-order valence-electron chi connectivity index (χ3n) is 4.17. The van der Waals surface area contributed by atoms with Crippen LogP contribution in [0.1, 0.15) is 5.56 Å². The van der Waals surface area contributed by atoms with E-state index in [1.165, 1.54) is 4.68 Å². The van der Waals surface area contributed by atoms with Gasteiger partial charge in [0.25, 0.3) is 0 Å². The number of nitrogens with zero attached hydrogens (tertiary/aromatic N) is 3. The van der Waals surface area contributed by atoms with Gasteiger partial charge in [0.05, 0.1) is 7.11 Å². The van der Waals surface area contributed by atoms with E-state index in [-0.39, 0.29) is 5.88 Å². The molecule has 0 aliphatic carbocycles. The van der Waals surface area contributed by atoms with Crippen LogP contribution in [0.15, 0.2) is 72.8 Å². The summed E-state index contributed by atoms with van der Waals surface area (Å²) in [6.45, 7) is 0. The average molecular weight is 343 g/mol. The molecular weight excluding hydrogens is 326 g/mol. The predicted octanol–water partition coefficient (Wildman–Crippen LogP) is 3.00. The molecule has 5 heteroatoms. The molecular formula is C21H17N3O2. The lowest BCUT2D eigenvalue weighted by molar-refractivity contribution is -0.679. The van der Waals surface area contributed by atoms with Crippen LogP contribution in [-0.2, 0) is 0 Å². The number of ether oxygens (including phenoxy) is 1. The van der Waals surface area contributed by atoms with Gasteiger partial charge < -0.3 is 9.84 Å². The van der Waals surface area contributed by atoms with Crippen LogP contribution in [0.3, 0.4) is 0 Å². The summed E-state index contributed by atoms with van der Waals surface area (Å²) in [5.74, 6) is 0.624. The second kappa shape index (κ2) is 6.72. The van der Waals surface area contributed by atoms with E-state index in [1.807, 2.05) is 72.8 Å². The molecule has 0 spiro atoms. The SMILES string of the molecule is COc1ccc(-c2cccc3c([O-])[n+](/C=C/c4ccccc4)nn23)cc1. The standard InChI is InChI=1S/C21H17N3O2/c1-26-18-12-10-17(11-13-18)19-8-5-9-20-21(25)23(22-24(19)20)15-14-16-6-3-2-4-7-16/h2-15H,1H3/b15-14+. The predicted molar refractivity (Wildman–Crippen MR) is 98.5 cm³/mol. The number of rotatable bonds is 4. The second-order valence-electron chi connectivity index (χ2n) is 5.80. The molecule has 0 bridgehead atoms. The number of aromatic nitrogens is 3. The number of benzene rings is 2. The van der Waals surface area contributed by atoms with Gasteiger partial charge in [0.15, 0.2) is 11.2 Å². The normalized spacial score (nSPS) is 11.3. The zero-order valence-electron chi connectivity index (χ0n) is 14.2. The first-order valence-electron chi connectivity index (χ1n) is 8.24. The number of pyridine rings is 1. The van der Waals surface area contributed by atoms with E-state index >= 15 is 0 Å². The minimum absolute atomic E-state index is 0.160. The van der Waals surface area contributed by atoms with Gasteiger partial charge in [0, 0.05) is 5.56 Å². The van der Waals surface area contributed by atoms with Gasteiger partial charge in [-0.05, 0) is 48.0 Å². The summed E-state index contributed by atoms with van der Waals surface area (Å²) in [5.41, 5.74) is 3.33. The van der Waals surface area contributed by atoms with Crippen molar-refractivity contribution >= 4 is 17.8 Å². The smallest absolute Gasteiger partial charge is 0.190 e. The third-order valence-corrected chi connectivity index (χ3v) is 4.17. The fourth-order valence-electron chi connectivity index (χ4n) is 2.81. The van der Waals surface area contributed by atoms with Crippen LogP contribution < -0.4 is 14.5 Å². The molecule has 5 nitrogen and oxygen atoms in total. The quantitative estimate of drug-likeness (QED) is 0.535. The van der Waals surface area contributed by atoms with Crippen LogP contribution >= 0.6 is 0 Å². The Bertz CT molecular complexity index is 1070. The Balaban J connectivity index is 1.78. The van der Waals surface area contributed by atoms with E-state index in [0.29, 0.717) is 5.52 Å². The zero-order valence-corrected chi connectivity index (χ0v) is 14.2. The maximum atomic E-state index is 12.6. The highest BCUT2D eigenvalue weighted by atomic mass is 16.5. The third kappa shape index (κ3) is 2.91. The Kier molecular flexibility index (Phi) is 4.11. The molecule has 0 fully saturated rings. The van der Waals surface area contributed by atoms with Crippen molar-refractivity contribution in [1.29, 1.82) is 0 Å². The lowest BCUT2D eigenvalue weighted by Crippen LogP contribution is -2.32. The number of methoxy groups -OCH3 is 1. The minimum atomic E-state index is -0.160. The van der Waals surface area contributed by atoms with Gasteiger partial charge in [0.2, 0.25) is 0 Å². The summed E-state index contributed by atoms with van der Waals surface area (Å²) >= 11 is 0. The molecule has 0 saturated heterocycles. The van der Waals surface area contributed by atoms with Crippen molar-refractivity contribution in [3.63, 3.8) is 0 Å². The van der Waals surface area contributed by atoms with E-state index in [4.69, 9.17) is 4.74 Å². The van der Waals surface area contributed by atoms with Crippen LogP contribution in [0.2, 0.25) is 0 Å². The maximum Gasteiger partial charge on any atom is 0.190 e. The number of hydrogen-bond donors (Lipinski definition) is 0. The highest BCUT2D eigenvalue weighted by molar-refractivity contribution is 5.67. The van der Waals surface area contributed by atoms with Crippen LogP contribution in [0, 0.1) is 0 Å². The minimum Gasteiger partial charge on any atom is -0.837 e. The average Bonchev–Trinajstić information content (AvgIpc) is 3.03. The molecule has 0 aliphatic rings. The van der Waals surface area contributed by atoms with Gasteiger partial charge in [-0.1, -0.05) is 40.9 Å². The Labute approximate surface area is 151 Å². The van der Waals surface area contributed by atoms with Crippen molar-refractivity contribution < 1.29 is 14.5 Å². The maximum absolute atomic E-state index is 12.6. The summed E-state index contributed by atoms with van der Waals surface area (Å²) in [5, 5.41) is 17.1. The van der Waals surface area contributed by atoms with Gasteiger partial charge in [-0.2, -0.15) is 0 Å². The van der Waals surface area contributed by atoms with E-state index < -0.39 is 0 Å². The van der Waals surface area contributed by atoms with Crippen molar-refractivity contribution in [2.75, 3.05) is 7.11 Å². The molecule has 0 unspecified atom stereocenters. The number of hydrogen-bond acceptors (Lipinski definition) is 3. The van der Waals surface area contributed by atoms with Gasteiger partial charge in [-0.25, -0.2) is 0 Å². The van der Waals surface area contributed by atoms with Crippen LogP contribution in [0.5, 0.6) is 11.6 Å². The van der Waals surface area contributed by atoms with Crippen LogP contribution in [0.4, 0.5) is 0 Å². The summed E-state index contributed by atoms with van der Waals surface area (Å²) in [4.78, 5) is 0. The van der Waals surface area contributed by atoms with Gasteiger partial charge in [0.1, 0.15) is 23.0 Å². The molecule has 0 N–H and O–H groups in total. The Morgan fingerprint density at radius 3 is 2.46 bits per heavy atom. The Morgan fingerprint density at radius 1 is 0.962 bits per heavy atom. The lowest BCUT2D eigenvalue weighted by Gasteiger charge is -2.02. The van der Waals surface area contributed by atoms with Crippen molar-refractivity contribution in [3.05, 3.63) is 78.4 Å². The van der Waals surface area contributed by atoms with Gasteiger partial charge in [-0.15, -0.1) is 4.68 Å².